The zero-order chi connectivity index (χ0) is 43.9. The molecule has 330 valence electrons. The maximum atomic E-state index is 13.6. The Hall–Kier alpha value is -5.37. The van der Waals surface area contributed by atoms with Crippen molar-refractivity contribution in [3.63, 3.8) is 0 Å². The lowest BCUT2D eigenvalue weighted by atomic mass is 9.79. The molecular weight excluding hydrogens is 805 g/mol. The van der Waals surface area contributed by atoms with Gasteiger partial charge in [0.1, 0.15) is 65.2 Å². The molecule has 7 atom stereocenters. The first kappa shape index (κ1) is 43.3. The highest BCUT2D eigenvalue weighted by atomic mass is 17.2. The summed E-state index contributed by atoms with van der Waals surface area (Å²) >= 11 is 0. The molecule has 9 N–H and O–H groups in total. The van der Waals surface area contributed by atoms with Crippen LogP contribution in [0, 0.1) is 12.8 Å². The van der Waals surface area contributed by atoms with Gasteiger partial charge in [0.2, 0.25) is 5.91 Å². The van der Waals surface area contributed by atoms with Gasteiger partial charge in [0, 0.05) is 67.2 Å². The number of hydrogen-bond acceptors (Lipinski definition) is 16. The summed E-state index contributed by atoms with van der Waals surface area (Å²) in [6.07, 6.45) is -0.0486. The average Bonchev–Trinajstić information content (AvgIpc) is 3.99. The second-order valence-electron chi connectivity index (χ2n) is 16.8. The summed E-state index contributed by atoms with van der Waals surface area (Å²) in [6.45, 7) is 1.38. The van der Waals surface area contributed by atoms with E-state index < -0.39 is 55.3 Å². The molecule has 4 aromatic rings. The molecule has 62 heavy (non-hydrogen) atoms. The largest absolute Gasteiger partial charge is 0.508 e. The third-order valence-corrected chi connectivity index (χ3v) is 12.5. The van der Waals surface area contributed by atoms with E-state index in [0.29, 0.717) is 95.4 Å². The van der Waals surface area contributed by atoms with Crippen LogP contribution in [0.25, 0.3) is 21.7 Å². The van der Waals surface area contributed by atoms with Crippen LogP contribution >= 0.6 is 0 Å². The first-order valence-electron chi connectivity index (χ1n) is 20.7. The van der Waals surface area contributed by atoms with Gasteiger partial charge in [0.05, 0.1) is 24.2 Å². The number of anilines is 1. The maximum Gasteiger partial charge on any atom is 0.220 e. The number of aromatic hydroxyl groups is 2. The maximum absolute atomic E-state index is 13.6. The molecule has 1 aromatic heterocycles. The van der Waals surface area contributed by atoms with Gasteiger partial charge in [0.15, 0.2) is 16.8 Å². The molecule has 0 radical (unpaired) electrons. The minimum absolute atomic E-state index is 0.00371. The number of fused-ring (bicyclic) bond motifs is 4. The lowest BCUT2D eigenvalue weighted by Gasteiger charge is -2.45. The molecule has 4 aliphatic heterocycles. The quantitative estimate of drug-likeness (QED) is 0.0543. The average molecular weight is 857 g/mol. The zero-order valence-corrected chi connectivity index (χ0v) is 34.4. The smallest absolute Gasteiger partial charge is 0.220 e. The Morgan fingerprint density at radius 2 is 1.89 bits per heavy atom. The highest BCUT2D eigenvalue weighted by Crippen LogP contribution is 2.50. The van der Waals surface area contributed by atoms with E-state index in [4.69, 9.17) is 18.9 Å². The Kier molecular flexibility index (Phi) is 12.2. The summed E-state index contributed by atoms with van der Waals surface area (Å²) in [7, 11) is 1.80. The Morgan fingerprint density at radius 3 is 2.63 bits per heavy atom. The van der Waals surface area contributed by atoms with Gasteiger partial charge in [-0.05, 0) is 86.6 Å². The molecule has 0 unspecified atom stereocenters. The SMILES string of the molecule is CNCC[C@]1(CC[C@@H]2CNC(=O)C2)Oc2c(cc3c(=O)cc(C)oc3c2N2C=C3N=CC=C3C2)C[C@H]1OOC[C@@](O)(Cc1ccc(O)c2ccc(O)cc12)[C@@H](O)[C@H](O)[C@H](O)CO. The van der Waals surface area contributed by atoms with Crippen molar-refractivity contribution in [1.82, 2.24) is 10.6 Å². The number of carbonyl (C=O) groups excluding carboxylic acids is 1. The molecule has 17 heteroatoms. The van der Waals surface area contributed by atoms with Crippen LogP contribution in [-0.4, -0.2) is 123 Å². The standard InChI is InChI=1S/C45H52N4O13/c1-24-13-35(53)32-15-28-16-37(62-59-23-44(58,43(57)40(56)36(54)22-50)18-26-3-6-34(52)30-5-4-29(51)17-31(26)30)45(10-12-46-2,9-7-25-14-38(55)48-19-25)61-41(28)39(42(32)60-24)49-20-27-8-11-47-33(27)21-49/h3-6,8,11,13,15,17,21,25,36-37,40,43,46,50-52,54,56-58H,7,9-10,12,14,16,18-20,22-23H2,1-2H3,(H,48,55)/t25-,36+,37+,40+,43-,44-,45-/m0/s1. The van der Waals surface area contributed by atoms with Crippen LogP contribution in [0.3, 0.4) is 0 Å². The number of aliphatic hydroxyl groups excluding tert-OH is 4. The Balaban J connectivity index is 1.19. The van der Waals surface area contributed by atoms with E-state index in [1.165, 1.54) is 36.4 Å². The highest BCUT2D eigenvalue weighted by molar-refractivity contribution is 5.96. The van der Waals surface area contributed by atoms with Crippen LogP contribution in [0.5, 0.6) is 17.2 Å². The lowest BCUT2D eigenvalue weighted by molar-refractivity contribution is -0.373. The number of aliphatic hydroxyl groups is 5. The van der Waals surface area contributed by atoms with Crippen LogP contribution in [0.1, 0.15) is 42.6 Å². The van der Waals surface area contributed by atoms with Crippen LogP contribution < -0.4 is 25.7 Å². The molecule has 1 fully saturated rings. The van der Waals surface area contributed by atoms with Crippen molar-refractivity contribution in [2.24, 2.45) is 10.9 Å². The van der Waals surface area contributed by atoms with E-state index >= 15 is 0 Å². The summed E-state index contributed by atoms with van der Waals surface area (Å²) < 4.78 is 13.6. The number of aliphatic imine (C=N–C) groups is 1. The minimum Gasteiger partial charge on any atom is -0.508 e. The Bertz CT molecular complexity index is 2520. The van der Waals surface area contributed by atoms with Crippen molar-refractivity contribution in [2.75, 3.05) is 44.8 Å². The van der Waals surface area contributed by atoms with Crippen LogP contribution in [0.2, 0.25) is 0 Å². The number of nitrogens with zero attached hydrogens (tertiary/aromatic N) is 2. The summed E-state index contributed by atoms with van der Waals surface area (Å²) in [5.74, 6) is 0.619. The number of amides is 1. The molecule has 8 rings (SSSR count). The van der Waals surface area contributed by atoms with Crippen molar-refractivity contribution in [3.8, 4) is 17.2 Å². The van der Waals surface area contributed by atoms with Gasteiger partial charge in [-0.3, -0.25) is 14.6 Å². The van der Waals surface area contributed by atoms with E-state index in [9.17, 15) is 45.3 Å². The number of benzene rings is 3. The van der Waals surface area contributed by atoms with Gasteiger partial charge in [-0.1, -0.05) is 6.07 Å². The summed E-state index contributed by atoms with van der Waals surface area (Å²) in [6, 6.07) is 10.3. The van der Waals surface area contributed by atoms with E-state index in [1.54, 1.807) is 26.3 Å². The summed E-state index contributed by atoms with van der Waals surface area (Å²) in [4.78, 5) is 44.6. The van der Waals surface area contributed by atoms with Crippen molar-refractivity contribution < 1.29 is 59.5 Å². The van der Waals surface area contributed by atoms with E-state index in [2.05, 4.69) is 15.6 Å². The van der Waals surface area contributed by atoms with Gasteiger partial charge in [0.25, 0.3) is 0 Å². The first-order valence-corrected chi connectivity index (χ1v) is 20.7. The molecule has 4 aliphatic rings. The number of carbonyl (C=O) groups is 1. The van der Waals surface area contributed by atoms with Gasteiger partial charge in [-0.15, -0.1) is 0 Å². The fourth-order valence-electron chi connectivity index (χ4n) is 9.04. The fraction of sp³-hybridized carbons (Fsp3) is 0.444. The molecule has 17 nitrogen and oxygen atoms in total. The van der Waals surface area contributed by atoms with Crippen LogP contribution in [0.15, 0.2) is 80.2 Å². The van der Waals surface area contributed by atoms with Crippen molar-refractivity contribution in [2.45, 2.75) is 81.1 Å². The number of allylic oxidation sites excluding steroid dienone is 1. The molecular formula is C45H52N4O13. The monoisotopic (exact) mass is 856 g/mol. The molecule has 0 bridgehead atoms. The lowest BCUT2D eigenvalue weighted by Crippen LogP contribution is -2.58. The zero-order valence-electron chi connectivity index (χ0n) is 34.4. The number of hydrogen-bond donors (Lipinski definition) is 9. The van der Waals surface area contributed by atoms with Crippen molar-refractivity contribution in [1.29, 1.82) is 0 Å². The summed E-state index contributed by atoms with van der Waals surface area (Å²) in [5.41, 5.74) is -0.246. The second kappa shape index (κ2) is 17.4. The fourth-order valence-corrected chi connectivity index (χ4v) is 9.04. The minimum atomic E-state index is -2.42. The van der Waals surface area contributed by atoms with E-state index in [0.717, 1.165) is 11.3 Å². The van der Waals surface area contributed by atoms with Crippen LogP contribution in [-0.2, 0) is 27.4 Å². The third-order valence-electron chi connectivity index (χ3n) is 12.5. The van der Waals surface area contributed by atoms with E-state index in [1.807, 2.05) is 17.2 Å². The molecule has 1 saturated heterocycles. The second-order valence-corrected chi connectivity index (χ2v) is 16.8. The molecule has 3 aromatic carbocycles. The van der Waals surface area contributed by atoms with Gasteiger partial charge >= 0.3 is 0 Å². The first-order chi connectivity index (χ1) is 29.7. The topological polar surface area (TPSA) is 256 Å². The third kappa shape index (κ3) is 8.30. The predicted molar refractivity (Wildman–Crippen MR) is 227 cm³/mol. The Labute approximate surface area is 356 Å². The van der Waals surface area contributed by atoms with Gasteiger partial charge in [-0.25, -0.2) is 9.78 Å². The molecule has 5 heterocycles. The highest BCUT2D eigenvalue weighted by Gasteiger charge is 2.50. The van der Waals surface area contributed by atoms with E-state index in [-0.39, 0.29) is 35.2 Å². The molecule has 0 spiro atoms. The number of nitrogens with one attached hydrogen (secondary N) is 2. The van der Waals surface area contributed by atoms with Crippen molar-refractivity contribution in [3.05, 3.63) is 93.1 Å². The van der Waals surface area contributed by atoms with Gasteiger partial charge < -0.3 is 60.4 Å². The van der Waals surface area contributed by atoms with Crippen LogP contribution in [0.4, 0.5) is 5.69 Å². The number of phenolic OH excluding ortho intramolecular Hbond substituents is 2. The molecule has 0 aliphatic carbocycles. The predicted octanol–water partition coefficient (Wildman–Crippen LogP) is 1.90. The number of ether oxygens (including phenoxy) is 1. The van der Waals surface area contributed by atoms with Gasteiger partial charge in [-0.2, -0.15) is 0 Å². The number of aryl methyl sites for hydroxylation is 1. The Morgan fingerprint density at radius 1 is 1.06 bits per heavy atom. The van der Waals surface area contributed by atoms with Crippen molar-refractivity contribution >= 4 is 39.6 Å². The molecule has 1 amide bonds. The normalized spacial score (nSPS) is 23.1. The molecule has 0 saturated carbocycles. The number of rotatable bonds is 17. The summed E-state index contributed by atoms with van der Waals surface area (Å²) in [5, 5.41) is 82.7. The number of phenols is 2.